The molecule has 2 aromatic rings. The Morgan fingerprint density at radius 2 is 2.54 bits per heavy atom. The Hall–Kier alpha value is -1.13. The van der Waals surface area contributed by atoms with Crippen LogP contribution in [0.1, 0.15) is 5.69 Å². The maximum Gasteiger partial charge on any atom is 0.138 e. The van der Waals surface area contributed by atoms with Crippen LogP contribution in [0.5, 0.6) is 0 Å². The van der Waals surface area contributed by atoms with Crippen LogP contribution in [0.25, 0.3) is 11.4 Å². The van der Waals surface area contributed by atoms with Gasteiger partial charge in [-0.1, -0.05) is 0 Å². The summed E-state index contributed by atoms with van der Waals surface area (Å²) in [6, 6.07) is 2.06. The van der Waals surface area contributed by atoms with Crippen LogP contribution in [0.2, 0.25) is 0 Å². The second-order valence-corrected chi connectivity index (χ2v) is 3.58. The monoisotopic (exact) mass is 193 g/mol. The van der Waals surface area contributed by atoms with Gasteiger partial charge in [-0.25, -0.2) is 4.98 Å². The molecule has 0 saturated heterocycles. The average Bonchev–Trinajstić information content (AvgIpc) is 2.70. The van der Waals surface area contributed by atoms with Gasteiger partial charge in [0.05, 0.1) is 0 Å². The lowest BCUT2D eigenvalue weighted by atomic mass is 10.3. The number of nitrogens with one attached hydrogen (secondary N) is 2. The molecule has 0 aliphatic carbocycles. The van der Waals surface area contributed by atoms with Crippen molar-refractivity contribution >= 4 is 11.3 Å². The zero-order valence-corrected chi connectivity index (χ0v) is 8.19. The summed E-state index contributed by atoms with van der Waals surface area (Å²) in [5.41, 5.74) is 2.27. The third-order valence-corrected chi connectivity index (χ3v) is 2.47. The minimum absolute atomic E-state index is 0.830. The van der Waals surface area contributed by atoms with Crippen LogP contribution in [0.15, 0.2) is 23.0 Å². The number of H-pyrrole nitrogens is 1. The van der Waals surface area contributed by atoms with Gasteiger partial charge in [0.15, 0.2) is 0 Å². The lowest BCUT2D eigenvalue weighted by Gasteiger charge is -1.92. The lowest BCUT2D eigenvalue weighted by molar-refractivity contribution is 0.797. The molecule has 4 heteroatoms. The molecule has 13 heavy (non-hydrogen) atoms. The van der Waals surface area contributed by atoms with Gasteiger partial charge < -0.3 is 10.3 Å². The topological polar surface area (TPSA) is 40.7 Å². The van der Waals surface area contributed by atoms with Crippen molar-refractivity contribution < 1.29 is 0 Å². The zero-order valence-electron chi connectivity index (χ0n) is 7.37. The number of rotatable bonds is 3. The molecule has 0 unspecified atom stereocenters. The van der Waals surface area contributed by atoms with E-state index in [0.29, 0.717) is 0 Å². The minimum Gasteiger partial charge on any atom is -0.341 e. The summed E-state index contributed by atoms with van der Waals surface area (Å²) in [5, 5.41) is 7.21. The molecule has 0 aromatic carbocycles. The van der Waals surface area contributed by atoms with Crippen LogP contribution in [-0.4, -0.2) is 17.0 Å². The van der Waals surface area contributed by atoms with Crippen molar-refractivity contribution in [1.82, 2.24) is 15.3 Å². The summed E-state index contributed by atoms with van der Waals surface area (Å²) in [5.74, 6) is 0.950. The Labute approximate surface area is 80.8 Å². The van der Waals surface area contributed by atoms with Crippen molar-refractivity contribution in [1.29, 1.82) is 0 Å². The standard InChI is InChI=1S/C9H11N3S/c1-10-4-8-5-11-9(12-8)7-2-3-13-6-7/h2-3,5-6,10H,4H2,1H3,(H,11,12). The Bertz CT molecular complexity index is 364. The first-order chi connectivity index (χ1) is 6.40. The van der Waals surface area contributed by atoms with Gasteiger partial charge in [-0.3, -0.25) is 0 Å². The summed E-state index contributed by atoms with van der Waals surface area (Å²) in [4.78, 5) is 7.54. The molecule has 2 heterocycles. The average molecular weight is 193 g/mol. The number of aromatic amines is 1. The van der Waals surface area contributed by atoms with Crippen LogP contribution >= 0.6 is 11.3 Å². The van der Waals surface area contributed by atoms with E-state index in [0.717, 1.165) is 23.6 Å². The molecule has 0 atom stereocenters. The summed E-state index contributed by atoms with van der Waals surface area (Å²) in [6.07, 6.45) is 1.86. The third-order valence-electron chi connectivity index (χ3n) is 1.79. The van der Waals surface area contributed by atoms with E-state index in [-0.39, 0.29) is 0 Å². The lowest BCUT2D eigenvalue weighted by Crippen LogP contribution is -2.04. The van der Waals surface area contributed by atoms with E-state index in [1.54, 1.807) is 11.3 Å². The predicted octanol–water partition coefficient (Wildman–Crippen LogP) is 1.86. The van der Waals surface area contributed by atoms with Gasteiger partial charge in [0.2, 0.25) is 0 Å². The molecule has 0 radical (unpaired) electrons. The van der Waals surface area contributed by atoms with Crippen molar-refractivity contribution in [3.63, 3.8) is 0 Å². The molecule has 0 spiro atoms. The number of thiophene rings is 1. The highest BCUT2D eigenvalue weighted by Crippen LogP contribution is 2.18. The zero-order chi connectivity index (χ0) is 9.10. The molecule has 0 fully saturated rings. The van der Waals surface area contributed by atoms with Crippen molar-refractivity contribution in [2.75, 3.05) is 7.05 Å². The summed E-state index contributed by atoms with van der Waals surface area (Å²) in [6.45, 7) is 0.830. The first kappa shape index (κ1) is 8.47. The van der Waals surface area contributed by atoms with Gasteiger partial charge in [-0.05, 0) is 18.5 Å². The Kier molecular flexibility index (Phi) is 2.42. The number of aromatic nitrogens is 2. The van der Waals surface area contributed by atoms with Gasteiger partial charge in [0.25, 0.3) is 0 Å². The van der Waals surface area contributed by atoms with Crippen LogP contribution < -0.4 is 5.32 Å². The summed E-state index contributed by atoms with van der Waals surface area (Å²) < 4.78 is 0. The van der Waals surface area contributed by atoms with Crippen molar-refractivity contribution in [3.8, 4) is 11.4 Å². The maximum absolute atomic E-state index is 4.29. The highest BCUT2D eigenvalue weighted by atomic mass is 32.1. The molecule has 68 valence electrons. The summed E-state index contributed by atoms with van der Waals surface area (Å²) >= 11 is 1.68. The molecule has 0 saturated carbocycles. The fourth-order valence-corrected chi connectivity index (χ4v) is 1.83. The SMILES string of the molecule is CNCc1cnc(-c2ccsc2)[nH]1. The molecule has 0 aliphatic heterocycles. The molecule has 2 aromatic heterocycles. The normalized spacial score (nSPS) is 10.5. The van der Waals surface area contributed by atoms with Gasteiger partial charge in [-0.15, -0.1) is 0 Å². The van der Waals surface area contributed by atoms with E-state index >= 15 is 0 Å². The molecular formula is C9H11N3S. The molecule has 2 N–H and O–H groups in total. The van der Waals surface area contributed by atoms with Gasteiger partial charge in [0.1, 0.15) is 5.82 Å². The maximum atomic E-state index is 4.29. The second kappa shape index (κ2) is 3.72. The van der Waals surface area contributed by atoms with Crippen LogP contribution in [0.4, 0.5) is 0 Å². The number of nitrogens with zero attached hydrogens (tertiary/aromatic N) is 1. The van der Waals surface area contributed by atoms with Crippen molar-refractivity contribution in [3.05, 3.63) is 28.7 Å². The van der Waals surface area contributed by atoms with E-state index in [4.69, 9.17) is 0 Å². The van der Waals surface area contributed by atoms with Crippen molar-refractivity contribution in [2.24, 2.45) is 0 Å². The van der Waals surface area contributed by atoms with Crippen molar-refractivity contribution in [2.45, 2.75) is 6.54 Å². The Morgan fingerprint density at radius 1 is 1.62 bits per heavy atom. The molecule has 0 bridgehead atoms. The van der Waals surface area contributed by atoms with E-state index in [2.05, 4.69) is 32.1 Å². The largest absolute Gasteiger partial charge is 0.341 e. The molecular weight excluding hydrogens is 182 g/mol. The third kappa shape index (κ3) is 1.79. The summed E-state index contributed by atoms with van der Waals surface area (Å²) in [7, 11) is 1.92. The molecule has 0 amide bonds. The first-order valence-electron chi connectivity index (χ1n) is 4.11. The highest BCUT2D eigenvalue weighted by Gasteiger charge is 2.02. The van der Waals surface area contributed by atoms with Crippen LogP contribution in [0, 0.1) is 0 Å². The number of hydrogen-bond acceptors (Lipinski definition) is 3. The molecule has 2 rings (SSSR count). The number of imidazole rings is 1. The molecule has 0 aliphatic rings. The molecule has 3 nitrogen and oxygen atoms in total. The van der Waals surface area contributed by atoms with Crippen LogP contribution in [-0.2, 0) is 6.54 Å². The Balaban J connectivity index is 2.23. The smallest absolute Gasteiger partial charge is 0.138 e. The Morgan fingerprint density at radius 3 is 3.23 bits per heavy atom. The van der Waals surface area contributed by atoms with Crippen LogP contribution in [0.3, 0.4) is 0 Å². The first-order valence-corrected chi connectivity index (χ1v) is 5.05. The fraction of sp³-hybridized carbons (Fsp3) is 0.222. The van der Waals surface area contributed by atoms with E-state index in [1.165, 1.54) is 0 Å². The quantitative estimate of drug-likeness (QED) is 0.781. The van der Waals surface area contributed by atoms with Gasteiger partial charge in [-0.2, -0.15) is 11.3 Å². The number of hydrogen-bond donors (Lipinski definition) is 2. The van der Waals surface area contributed by atoms with E-state index < -0.39 is 0 Å². The fourth-order valence-electron chi connectivity index (χ4n) is 1.19. The second-order valence-electron chi connectivity index (χ2n) is 2.80. The van der Waals surface area contributed by atoms with E-state index in [9.17, 15) is 0 Å². The predicted molar refractivity (Wildman–Crippen MR) is 54.7 cm³/mol. The van der Waals surface area contributed by atoms with Gasteiger partial charge in [0, 0.05) is 29.4 Å². The minimum atomic E-state index is 0.830. The highest BCUT2D eigenvalue weighted by molar-refractivity contribution is 7.08. The van der Waals surface area contributed by atoms with Gasteiger partial charge >= 0.3 is 0 Å². The van der Waals surface area contributed by atoms with E-state index in [1.807, 2.05) is 13.2 Å².